The number of aliphatic carboxylic acids is 1. The van der Waals surface area contributed by atoms with Gasteiger partial charge in [-0.25, -0.2) is 0 Å². The molecule has 1 aromatic carbocycles. The summed E-state index contributed by atoms with van der Waals surface area (Å²) in [5.74, 6) is -0.133. The van der Waals surface area contributed by atoms with Gasteiger partial charge in [0.15, 0.2) is 0 Å². The summed E-state index contributed by atoms with van der Waals surface area (Å²) in [5, 5.41) is 12.1. The maximum Gasteiger partial charge on any atom is 0.321 e. The smallest absolute Gasteiger partial charge is 0.321 e. The fourth-order valence-corrected chi connectivity index (χ4v) is 2.96. The minimum atomic E-state index is -0.765. The zero-order valence-corrected chi connectivity index (χ0v) is 10.2. The Labute approximate surface area is 99.2 Å². The van der Waals surface area contributed by atoms with Crippen LogP contribution in [0.25, 0.3) is 0 Å². The molecule has 1 unspecified atom stereocenters. The van der Waals surface area contributed by atoms with Gasteiger partial charge in [-0.05, 0) is 30.5 Å². The van der Waals surface area contributed by atoms with Gasteiger partial charge < -0.3 is 5.11 Å². The average molecular weight is 237 g/mol. The molecule has 0 bridgehead atoms. The van der Waals surface area contributed by atoms with E-state index >= 15 is 0 Å². The van der Waals surface area contributed by atoms with Gasteiger partial charge in [-0.1, -0.05) is 18.2 Å². The van der Waals surface area contributed by atoms with Crippen LogP contribution in [-0.2, 0) is 4.79 Å². The van der Waals surface area contributed by atoms with E-state index in [4.69, 9.17) is 5.11 Å². The van der Waals surface area contributed by atoms with E-state index in [-0.39, 0.29) is 5.37 Å². The molecular formula is C12H15NO2S. The van der Waals surface area contributed by atoms with Crippen molar-refractivity contribution in [1.29, 1.82) is 0 Å². The lowest BCUT2D eigenvalue weighted by atomic mass is 10.1. The summed E-state index contributed by atoms with van der Waals surface area (Å²) in [4.78, 5) is 10.8. The van der Waals surface area contributed by atoms with E-state index in [9.17, 15) is 4.79 Å². The third-order valence-electron chi connectivity index (χ3n) is 2.91. The lowest BCUT2D eigenvalue weighted by molar-refractivity contribution is -0.138. The first-order valence-corrected chi connectivity index (χ1v) is 6.30. The van der Waals surface area contributed by atoms with Crippen LogP contribution in [0, 0.1) is 13.8 Å². The Balaban J connectivity index is 2.14. The number of hydrogen-bond donors (Lipinski definition) is 2. The van der Waals surface area contributed by atoms with Gasteiger partial charge in [0.25, 0.3) is 0 Å². The molecule has 1 heterocycles. The maximum absolute atomic E-state index is 10.8. The van der Waals surface area contributed by atoms with Crippen LogP contribution in [0.2, 0.25) is 0 Å². The number of carboxylic acid groups (broad SMARTS) is 1. The first kappa shape index (κ1) is 11.5. The summed E-state index contributed by atoms with van der Waals surface area (Å²) in [6.07, 6.45) is 0. The average Bonchev–Trinajstić information content (AvgIpc) is 2.71. The molecular weight excluding hydrogens is 222 g/mol. The molecule has 1 fully saturated rings. The number of nitrogens with one attached hydrogen (secondary N) is 1. The van der Waals surface area contributed by atoms with E-state index in [0.29, 0.717) is 5.75 Å². The first-order valence-electron chi connectivity index (χ1n) is 5.25. The number of hydrogen-bond acceptors (Lipinski definition) is 3. The number of carboxylic acids is 1. The lowest BCUT2D eigenvalue weighted by Crippen LogP contribution is -2.33. The summed E-state index contributed by atoms with van der Waals surface area (Å²) in [6.45, 7) is 4.15. The van der Waals surface area contributed by atoms with E-state index in [0.717, 1.165) is 5.56 Å². The highest BCUT2D eigenvalue weighted by Gasteiger charge is 2.30. The Morgan fingerprint density at radius 1 is 1.44 bits per heavy atom. The summed E-state index contributed by atoms with van der Waals surface area (Å²) in [5.41, 5.74) is 3.68. The van der Waals surface area contributed by atoms with E-state index in [1.54, 1.807) is 11.8 Å². The maximum atomic E-state index is 10.8. The van der Waals surface area contributed by atoms with Crippen LogP contribution in [0.1, 0.15) is 22.1 Å². The Kier molecular flexibility index (Phi) is 3.21. The van der Waals surface area contributed by atoms with Crippen molar-refractivity contribution in [1.82, 2.24) is 5.32 Å². The highest BCUT2D eigenvalue weighted by Crippen LogP contribution is 2.33. The summed E-state index contributed by atoms with van der Waals surface area (Å²) in [6, 6.07) is 5.86. The molecule has 0 aromatic heterocycles. The second-order valence-electron chi connectivity index (χ2n) is 4.11. The van der Waals surface area contributed by atoms with Gasteiger partial charge in [0.05, 0.1) is 5.37 Å². The zero-order valence-electron chi connectivity index (χ0n) is 9.36. The summed E-state index contributed by atoms with van der Waals surface area (Å²) >= 11 is 1.65. The van der Waals surface area contributed by atoms with Crippen LogP contribution < -0.4 is 5.32 Å². The van der Waals surface area contributed by atoms with Crippen molar-refractivity contribution < 1.29 is 9.90 Å². The molecule has 1 aliphatic heterocycles. The second kappa shape index (κ2) is 4.47. The highest BCUT2D eigenvalue weighted by atomic mass is 32.2. The molecule has 86 valence electrons. The van der Waals surface area contributed by atoms with Gasteiger partial charge in [-0.2, -0.15) is 0 Å². The monoisotopic (exact) mass is 237 g/mol. The zero-order chi connectivity index (χ0) is 11.7. The SMILES string of the molecule is Cc1ccc(C2N[C@@H](C(=O)O)CS2)cc1C. The Morgan fingerprint density at radius 3 is 2.75 bits per heavy atom. The largest absolute Gasteiger partial charge is 0.480 e. The third-order valence-corrected chi connectivity index (χ3v) is 4.18. The number of aryl methyl sites for hydroxylation is 2. The molecule has 1 saturated heterocycles. The van der Waals surface area contributed by atoms with Crippen LogP contribution in [0.3, 0.4) is 0 Å². The molecule has 0 amide bonds. The number of rotatable bonds is 2. The minimum Gasteiger partial charge on any atom is -0.480 e. The van der Waals surface area contributed by atoms with Crippen molar-refractivity contribution in [2.24, 2.45) is 0 Å². The quantitative estimate of drug-likeness (QED) is 0.827. The Bertz CT molecular complexity index is 419. The third kappa shape index (κ3) is 2.23. The molecule has 2 N–H and O–H groups in total. The van der Waals surface area contributed by atoms with Crippen molar-refractivity contribution >= 4 is 17.7 Å². The standard InChI is InChI=1S/C12H15NO2S/c1-7-3-4-9(5-8(7)2)11-13-10(6-16-11)12(14)15/h3-5,10-11,13H,6H2,1-2H3,(H,14,15)/t10-,11?/m1/s1. The van der Waals surface area contributed by atoms with Crippen LogP contribution in [0.5, 0.6) is 0 Å². The van der Waals surface area contributed by atoms with Gasteiger partial charge >= 0.3 is 5.97 Å². The molecule has 1 aromatic rings. The number of benzene rings is 1. The predicted molar refractivity (Wildman–Crippen MR) is 65.7 cm³/mol. The fourth-order valence-electron chi connectivity index (χ4n) is 1.73. The molecule has 16 heavy (non-hydrogen) atoms. The molecule has 0 radical (unpaired) electrons. The van der Waals surface area contributed by atoms with Crippen LogP contribution >= 0.6 is 11.8 Å². The van der Waals surface area contributed by atoms with Gasteiger partial charge in [-0.15, -0.1) is 11.8 Å². The van der Waals surface area contributed by atoms with Crippen molar-refractivity contribution in [2.45, 2.75) is 25.3 Å². The summed E-state index contributed by atoms with van der Waals surface area (Å²) in [7, 11) is 0. The number of carbonyl (C=O) groups is 1. The van der Waals surface area contributed by atoms with E-state index in [2.05, 4.69) is 37.4 Å². The van der Waals surface area contributed by atoms with Crippen molar-refractivity contribution in [2.75, 3.05) is 5.75 Å². The molecule has 1 aliphatic rings. The first-order chi connectivity index (χ1) is 7.58. The van der Waals surface area contributed by atoms with Gasteiger partial charge in [0.1, 0.15) is 6.04 Å². The van der Waals surface area contributed by atoms with Crippen LogP contribution in [-0.4, -0.2) is 22.9 Å². The minimum absolute atomic E-state index is 0.111. The van der Waals surface area contributed by atoms with Crippen molar-refractivity contribution in [3.05, 3.63) is 34.9 Å². The van der Waals surface area contributed by atoms with E-state index in [1.807, 2.05) is 0 Å². The fraction of sp³-hybridized carbons (Fsp3) is 0.417. The summed E-state index contributed by atoms with van der Waals surface area (Å²) < 4.78 is 0. The lowest BCUT2D eigenvalue weighted by Gasteiger charge is -2.12. The molecule has 0 aliphatic carbocycles. The predicted octanol–water partition coefficient (Wildman–Crippen LogP) is 2.09. The van der Waals surface area contributed by atoms with E-state index < -0.39 is 12.0 Å². The van der Waals surface area contributed by atoms with Crippen molar-refractivity contribution in [3.8, 4) is 0 Å². The van der Waals surface area contributed by atoms with Crippen LogP contribution in [0.4, 0.5) is 0 Å². The van der Waals surface area contributed by atoms with Gasteiger partial charge in [0.2, 0.25) is 0 Å². The molecule has 3 nitrogen and oxygen atoms in total. The van der Waals surface area contributed by atoms with E-state index in [1.165, 1.54) is 11.1 Å². The normalized spacial score (nSPS) is 24.6. The molecule has 2 rings (SSSR count). The molecule has 4 heteroatoms. The molecule has 0 saturated carbocycles. The number of thioether (sulfide) groups is 1. The van der Waals surface area contributed by atoms with Gasteiger partial charge in [0, 0.05) is 5.75 Å². The Hall–Kier alpha value is -1.00. The molecule has 0 spiro atoms. The van der Waals surface area contributed by atoms with Gasteiger partial charge in [-0.3, -0.25) is 10.1 Å². The second-order valence-corrected chi connectivity index (χ2v) is 5.25. The topological polar surface area (TPSA) is 49.3 Å². The molecule has 2 atom stereocenters. The highest BCUT2D eigenvalue weighted by molar-refractivity contribution is 7.99. The van der Waals surface area contributed by atoms with Crippen molar-refractivity contribution in [3.63, 3.8) is 0 Å². The van der Waals surface area contributed by atoms with Crippen LogP contribution in [0.15, 0.2) is 18.2 Å². The Morgan fingerprint density at radius 2 is 2.19 bits per heavy atom.